The molecule has 0 unspecified atom stereocenters. The summed E-state index contributed by atoms with van der Waals surface area (Å²) >= 11 is 6.02. The Morgan fingerprint density at radius 1 is 1.17 bits per heavy atom. The van der Waals surface area contributed by atoms with E-state index in [0.717, 1.165) is 21.7 Å². The van der Waals surface area contributed by atoms with Crippen molar-refractivity contribution in [1.82, 2.24) is 0 Å². The van der Waals surface area contributed by atoms with E-state index in [1.54, 1.807) is 26.0 Å². The van der Waals surface area contributed by atoms with E-state index < -0.39 is 28.4 Å². The van der Waals surface area contributed by atoms with E-state index in [0.29, 0.717) is 11.4 Å². The van der Waals surface area contributed by atoms with Crippen LogP contribution in [0, 0.1) is 13.8 Å². The molecule has 0 bridgehead atoms. The van der Waals surface area contributed by atoms with Crippen molar-refractivity contribution in [3.63, 3.8) is 0 Å². The van der Waals surface area contributed by atoms with Gasteiger partial charge in [-0.05, 0) is 56.2 Å². The van der Waals surface area contributed by atoms with Crippen molar-refractivity contribution < 1.29 is 22.7 Å². The Morgan fingerprint density at radius 2 is 1.86 bits per heavy atom. The van der Waals surface area contributed by atoms with Crippen molar-refractivity contribution in [3.8, 4) is 0 Å². The predicted molar refractivity (Wildman–Crippen MR) is 114 cm³/mol. The van der Waals surface area contributed by atoms with Gasteiger partial charge in [-0.15, -0.1) is 0 Å². The Balaban J connectivity index is 2.27. The maximum atomic E-state index is 12.6. The molecule has 9 heteroatoms. The minimum absolute atomic E-state index is 0.112. The van der Waals surface area contributed by atoms with Crippen LogP contribution in [-0.4, -0.2) is 39.7 Å². The average molecular weight is 439 g/mol. The van der Waals surface area contributed by atoms with Gasteiger partial charge in [0.25, 0.3) is 0 Å². The van der Waals surface area contributed by atoms with Crippen LogP contribution in [-0.2, 0) is 19.6 Å². The van der Waals surface area contributed by atoms with Crippen molar-refractivity contribution in [2.24, 2.45) is 0 Å². The third-order valence-electron chi connectivity index (χ3n) is 4.28. The second kappa shape index (κ2) is 9.28. The lowest BCUT2D eigenvalue weighted by Crippen LogP contribution is -2.38. The summed E-state index contributed by atoms with van der Waals surface area (Å²) in [6, 6.07) is 9.62. The number of amides is 1. The van der Waals surface area contributed by atoms with E-state index >= 15 is 0 Å². The third-order valence-corrected chi connectivity index (χ3v) is 5.73. The molecular weight excluding hydrogens is 416 g/mol. The van der Waals surface area contributed by atoms with Crippen LogP contribution in [0.2, 0.25) is 5.02 Å². The van der Waals surface area contributed by atoms with Gasteiger partial charge in [0, 0.05) is 5.69 Å². The highest BCUT2D eigenvalue weighted by Crippen LogP contribution is 2.25. The molecule has 0 saturated carbocycles. The summed E-state index contributed by atoms with van der Waals surface area (Å²) in [6.45, 7) is 5.10. The first-order valence-electron chi connectivity index (χ1n) is 8.85. The summed E-state index contributed by atoms with van der Waals surface area (Å²) in [6.07, 6.45) is 1.04. The van der Waals surface area contributed by atoms with Crippen LogP contribution in [0.5, 0.6) is 0 Å². The lowest BCUT2D eigenvalue weighted by atomic mass is 10.1. The Morgan fingerprint density at radius 3 is 2.48 bits per heavy atom. The van der Waals surface area contributed by atoms with Crippen molar-refractivity contribution in [1.29, 1.82) is 0 Å². The predicted octanol–water partition coefficient (Wildman–Crippen LogP) is 3.54. The summed E-state index contributed by atoms with van der Waals surface area (Å²) in [4.78, 5) is 24.5. The maximum absolute atomic E-state index is 12.6. The van der Waals surface area contributed by atoms with Gasteiger partial charge in [0.05, 0.1) is 29.1 Å². The zero-order valence-corrected chi connectivity index (χ0v) is 18.2. The largest absolute Gasteiger partial charge is 0.462 e. The normalized spacial score (nSPS) is 11.1. The molecule has 0 aromatic heterocycles. The molecule has 0 aliphatic heterocycles. The number of ether oxygens (including phenoxy) is 1. The molecule has 0 fully saturated rings. The zero-order valence-electron chi connectivity index (χ0n) is 16.7. The molecule has 156 valence electrons. The van der Waals surface area contributed by atoms with E-state index in [2.05, 4.69) is 5.32 Å². The van der Waals surface area contributed by atoms with Gasteiger partial charge in [-0.3, -0.25) is 9.10 Å². The number of carbonyl (C=O) groups is 2. The molecule has 0 heterocycles. The van der Waals surface area contributed by atoms with Crippen LogP contribution >= 0.6 is 11.6 Å². The number of anilines is 2. The van der Waals surface area contributed by atoms with Gasteiger partial charge < -0.3 is 10.1 Å². The summed E-state index contributed by atoms with van der Waals surface area (Å²) in [5, 5.41) is 2.79. The number of carbonyl (C=O) groups excluding carboxylic acids is 2. The van der Waals surface area contributed by atoms with E-state index in [-0.39, 0.29) is 17.2 Å². The van der Waals surface area contributed by atoms with Gasteiger partial charge >= 0.3 is 5.97 Å². The molecule has 2 rings (SSSR count). The molecule has 1 N–H and O–H groups in total. The van der Waals surface area contributed by atoms with Crippen LogP contribution in [0.15, 0.2) is 36.4 Å². The number of nitrogens with zero attached hydrogens (tertiary/aromatic N) is 1. The fourth-order valence-corrected chi connectivity index (χ4v) is 3.79. The Labute approximate surface area is 175 Å². The van der Waals surface area contributed by atoms with Crippen LogP contribution < -0.4 is 9.62 Å². The minimum atomic E-state index is -3.70. The van der Waals surface area contributed by atoms with Crippen molar-refractivity contribution in [2.75, 3.05) is 29.0 Å². The molecule has 0 aliphatic carbocycles. The summed E-state index contributed by atoms with van der Waals surface area (Å²) in [5.41, 5.74) is 2.53. The molecule has 1 amide bonds. The van der Waals surface area contributed by atoms with Crippen molar-refractivity contribution in [3.05, 3.63) is 58.1 Å². The molecule has 0 spiro atoms. The Hall–Kier alpha value is -2.58. The van der Waals surface area contributed by atoms with Gasteiger partial charge in [0.2, 0.25) is 15.9 Å². The first-order chi connectivity index (χ1) is 13.5. The standard InChI is InChI=1S/C20H23ClN2O5S/c1-5-28-20(25)16-11-15(9-10-17(16)21)22-19(24)12-23(29(4,26)27)18-8-6-7-13(2)14(18)3/h6-11H,5,12H2,1-4H3,(H,22,24). The Kier molecular flexibility index (Phi) is 7.26. The van der Waals surface area contributed by atoms with Crippen LogP contribution in [0.4, 0.5) is 11.4 Å². The number of halogens is 1. The lowest BCUT2D eigenvalue weighted by molar-refractivity contribution is -0.114. The fourth-order valence-electron chi connectivity index (χ4n) is 2.69. The highest BCUT2D eigenvalue weighted by atomic mass is 35.5. The van der Waals surface area contributed by atoms with Crippen LogP contribution in [0.1, 0.15) is 28.4 Å². The molecule has 2 aromatic carbocycles. The van der Waals surface area contributed by atoms with Gasteiger partial charge in [-0.25, -0.2) is 13.2 Å². The van der Waals surface area contributed by atoms with Gasteiger partial charge in [0.15, 0.2) is 0 Å². The van der Waals surface area contributed by atoms with E-state index in [1.807, 2.05) is 13.0 Å². The summed E-state index contributed by atoms with van der Waals surface area (Å²) in [7, 11) is -3.70. The average Bonchev–Trinajstić information content (AvgIpc) is 2.63. The number of benzene rings is 2. The molecule has 0 radical (unpaired) electrons. The van der Waals surface area contributed by atoms with Gasteiger partial charge in [-0.1, -0.05) is 23.7 Å². The monoisotopic (exact) mass is 438 g/mol. The Bertz CT molecular complexity index is 1040. The molecule has 2 aromatic rings. The molecule has 7 nitrogen and oxygen atoms in total. The van der Waals surface area contributed by atoms with E-state index in [1.165, 1.54) is 18.2 Å². The molecule has 0 aliphatic rings. The highest BCUT2D eigenvalue weighted by molar-refractivity contribution is 7.92. The van der Waals surface area contributed by atoms with Crippen LogP contribution in [0.25, 0.3) is 0 Å². The first-order valence-corrected chi connectivity index (χ1v) is 11.1. The van der Waals surface area contributed by atoms with Gasteiger partial charge in [0.1, 0.15) is 6.54 Å². The number of esters is 1. The number of nitrogens with one attached hydrogen (secondary N) is 1. The number of hydrogen-bond donors (Lipinski definition) is 1. The molecule has 29 heavy (non-hydrogen) atoms. The number of rotatable bonds is 7. The maximum Gasteiger partial charge on any atom is 0.339 e. The SMILES string of the molecule is CCOC(=O)c1cc(NC(=O)CN(c2cccc(C)c2C)S(C)(=O)=O)ccc1Cl. The van der Waals surface area contributed by atoms with Crippen molar-refractivity contribution in [2.45, 2.75) is 20.8 Å². The van der Waals surface area contributed by atoms with Crippen LogP contribution in [0.3, 0.4) is 0 Å². The lowest BCUT2D eigenvalue weighted by Gasteiger charge is -2.24. The zero-order chi connectivity index (χ0) is 21.8. The van der Waals surface area contributed by atoms with E-state index in [4.69, 9.17) is 16.3 Å². The number of hydrogen-bond acceptors (Lipinski definition) is 5. The number of aryl methyl sites for hydroxylation is 1. The molecule has 0 atom stereocenters. The number of sulfonamides is 1. The second-order valence-corrected chi connectivity index (χ2v) is 8.77. The molecular formula is C20H23ClN2O5S. The topological polar surface area (TPSA) is 92.8 Å². The van der Waals surface area contributed by atoms with Gasteiger partial charge in [-0.2, -0.15) is 0 Å². The second-order valence-electron chi connectivity index (χ2n) is 6.45. The molecule has 0 saturated heterocycles. The van der Waals surface area contributed by atoms with Crippen molar-refractivity contribution >= 4 is 44.9 Å². The highest BCUT2D eigenvalue weighted by Gasteiger charge is 2.23. The van der Waals surface area contributed by atoms with E-state index in [9.17, 15) is 18.0 Å². The summed E-state index contributed by atoms with van der Waals surface area (Å²) in [5.74, 6) is -1.17. The first kappa shape index (κ1) is 22.7. The quantitative estimate of drug-likeness (QED) is 0.667. The summed E-state index contributed by atoms with van der Waals surface area (Å²) < 4.78 is 30.6. The fraction of sp³-hybridized carbons (Fsp3) is 0.300. The smallest absolute Gasteiger partial charge is 0.339 e. The minimum Gasteiger partial charge on any atom is -0.462 e. The third kappa shape index (κ3) is 5.71.